The van der Waals surface area contributed by atoms with E-state index in [1.807, 2.05) is 56.3 Å². The Hall–Kier alpha value is -3.32. The topological polar surface area (TPSA) is 71.1 Å². The Morgan fingerprint density at radius 1 is 0.879 bits per heavy atom. The highest BCUT2D eigenvalue weighted by Gasteiger charge is 2.20. The van der Waals surface area contributed by atoms with E-state index in [-0.39, 0.29) is 13.2 Å². The number of carbonyl (C=O) groups is 2. The van der Waals surface area contributed by atoms with Crippen LogP contribution >= 0.6 is 15.9 Å². The van der Waals surface area contributed by atoms with Gasteiger partial charge < -0.3 is 18.9 Å². The van der Waals surface area contributed by atoms with Gasteiger partial charge in [0.2, 0.25) is 0 Å². The van der Waals surface area contributed by atoms with Gasteiger partial charge in [0, 0.05) is 4.47 Å². The van der Waals surface area contributed by atoms with E-state index in [1.165, 1.54) is 24.3 Å². The molecule has 0 fully saturated rings. The lowest BCUT2D eigenvalue weighted by Gasteiger charge is -2.17. The van der Waals surface area contributed by atoms with Crippen molar-refractivity contribution in [3.63, 3.8) is 0 Å². The Morgan fingerprint density at radius 2 is 1.52 bits per heavy atom. The van der Waals surface area contributed by atoms with Gasteiger partial charge in [-0.2, -0.15) is 0 Å². The van der Waals surface area contributed by atoms with Gasteiger partial charge in [0.25, 0.3) is 0 Å². The third-order valence-corrected chi connectivity index (χ3v) is 5.15. The second-order valence-electron chi connectivity index (χ2n) is 7.37. The molecule has 0 heterocycles. The van der Waals surface area contributed by atoms with E-state index in [1.54, 1.807) is 6.92 Å². The van der Waals surface area contributed by atoms with E-state index < -0.39 is 18.0 Å². The van der Waals surface area contributed by atoms with Crippen LogP contribution in [0.15, 0.2) is 71.2 Å². The SMILES string of the molecule is Cc1cc(Br)cc(C)c1OC(C)C(=O)Oc1ccc(C(=O)OCCOc2ccccc2)cc1. The van der Waals surface area contributed by atoms with Gasteiger partial charge in [-0.05, 0) is 80.4 Å². The molecule has 0 saturated carbocycles. The number of hydrogen-bond donors (Lipinski definition) is 0. The Morgan fingerprint density at radius 3 is 2.15 bits per heavy atom. The second kappa shape index (κ2) is 11.5. The molecule has 33 heavy (non-hydrogen) atoms. The third-order valence-electron chi connectivity index (χ3n) is 4.69. The van der Waals surface area contributed by atoms with Crippen LogP contribution in [0, 0.1) is 13.8 Å². The molecule has 0 aliphatic rings. The van der Waals surface area contributed by atoms with Crippen LogP contribution in [0.1, 0.15) is 28.4 Å². The quantitative estimate of drug-likeness (QED) is 0.209. The van der Waals surface area contributed by atoms with E-state index in [0.717, 1.165) is 15.6 Å². The predicted octanol–water partition coefficient (Wildman–Crippen LogP) is 5.67. The number of halogens is 1. The molecule has 0 N–H and O–H groups in total. The summed E-state index contributed by atoms with van der Waals surface area (Å²) in [6.45, 7) is 5.83. The number of para-hydroxylation sites is 1. The zero-order chi connectivity index (χ0) is 23.8. The summed E-state index contributed by atoms with van der Waals surface area (Å²) in [6.07, 6.45) is -0.808. The summed E-state index contributed by atoms with van der Waals surface area (Å²) in [5, 5.41) is 0. The minimum absolute atomic E-state index is 0.119. The molecular weight excluding hydrogens is 488 g/mol. The highest BCUT2D eigenvalue weighted by atomic mass is 79.9. The summed E-state index contributed by atoms with van der Waals surface area (Å²) in [5.74, 6) is 0.650. The van der Waals surface area contributed by atoms with Crippen LogP contribution in [0.5, 0.6) is 17.2 Å². The highest BCUT2D eigenvalue weighted by Crippen LogP contribution is 2.28. The Balaban J connectivity index is 1.48. The van der Waals surface area contributed by atoms with Crippen LogP contribution in [0.25, 0.3) is 0 Å². The minimum Gasteiger partial charge on any atom is -0.490 e. The average Bonchev–Trinajstić information content (AvgIpc) is 2.80. The molecular formula is C26H25BrO6. The Labute approximate surface area is 201 Å². The lowest BCUT2D eigenvalue weighted by molar-refractivity contribution is -0.141. The van der Waals surface area contributed by atoms with Crippen LogP contribution in [0.4, 0.5) is 0 Å². The van der Waals surface area contributed by atoms with Crippen molar-refractivity contribution in [3.8, 4) is 17.2 Å². The van der Waals surface area contributed by atoms with Crippen LogP contribution in [-0.2, 0) is 9.53 Å². The fourth-order valence-corrected chi connectivity index (χ4v) is 3.75. The average molecular weight is 513 g/mol. The summed E-state index contributed by atoms with van der Waals surface area (Å²) >= 11 is 3.44. The van der Waals surface area contributed by atoms with E-state index in [4.69, 9.17) is 18.9 Å². The van der Waals surface area contributed by atoms with Crippen LogP contribution in [-0.4, -0.2) is 31.3 Å². The molecule has 7 heteroatoms. The largest absolute Gasteiger partial charge is 0.490 e. The lowest BCUT2D eigenvalue weighted by atomic mass is 10.1. The van der Waals surface area contributed by atoms with E-state index in [2.05, 4.69) is 15.9 Å². The molecule has 0 saturated heterocycles. The monoisotopic (exact) mass is 512 g/mol. The van der Waals surface area contributed by atoms with Crippen molar-refractivity contribution in [1.29, 1.82) is 0 Å². The molecule has 3 rings (SSSR count). The smallest absolute Gasteiger partial charge is 0.352 e. The van der Waals surface area contributed by atoms with E-state index in [9.17, 15) is 9.59 Å². The molecule has 0 spiro atoms. The van der Waals surface area contributed by atoms with Crippen molar-refractivity contribution in [2.75, 3.05) is 13.2 Å². The van der Waals surface area contributed by atoms with Gasteiger partial charge in [0.15, 0.2) is 6.10 Å². The number of benzene rings is 3. The number of aryl methyl sites for hydroxylation is 2. The number of rotatable bonds is 9. The normalized spacial score (nSPS) is 11.4. The molecule has 1 atom stereocenters. The summed E-state index contributed by atoms with van der Waals surface area (Å²) in [5.41, 5.74) is 2.18. The van der Waals surface area contributed by atoms with E-state index in [0.29, 0.717) is 22.8 Å². The Kier molecular flexibility index (Phi) is 8.49. The lowest BCUT2D eigenvalue weighted by Crippen LogP contribution is -2.29. The van der Waals surface area contributed by atoms with Gasteiger partial charge in [0.1, 0.15) is 30.5 Å². The van der Waals surface area contributed by atoms with Gasteiger partial charge in [-0.3, -0.25) is 0 Å². The molecule has 0 amide bonds. The zero-order valence-electron chi connectivity index (χ0n) is 18.7. The van der Waals surface area contributed by atoms with Crippen molar-refractivity contribution < 1.29 is 28.5 Å². The van der Waals surface area contributed by atoms with Crippen LogP contribution in [0.2, 0.25) is 0 Å². The van der Waals surface area contributed by atoms with Gasteiger partial charge >= 0.3 is 11.9 Å². The molecule has 6 nitrogen and oxygen atoms in total. The second-order valence-corrected chi connectivity index (χ2v) is 8.29. The first-order valence-corrected chi connectivity index (χ1v) is 11.2. The molecule has 0 aliphatic heterocycles. The van der Waals surface area contributed by atoms with Crippen molar-refractivity contribution >= 4 is 27.9 Å². The number of hydrogen-bond acceptors (Lipinski definition) is 6. The third kappa shape index (κ3) is 7.08. The molecule has 0 bridgehead atoms. The molecule has 0 aliphatic carbocycles. The molecule has 0 aromatic heterocycles. The maximum Gasteiger partial charge on any atom is 0.352 e. The van der Waals surface area contributed by atoms with Crippen molar-refractivity contribution in [3.05, 3.63) is 87.9 Å². The first kappa shape index (κ1) is 24.3. The first-order chi connectivity index (χ1) is 15.8. The fourth-order valence-electron chi connectivity index (χ4n) is 3.06. The molecule has 1 unspecified atom stereocenters. The summed E-state index contributed by atoms with van der Waals surface area (Å²) in [6, 6.07) is 19.3. The minimum atomic E-state index is -0.808. The predicted molar refractivity (Wildman–Crippen MR) is 128 cm³/mol. The highest BCUT2D eigenvalue weighted by molar-refractivity contribution is 9.10. The number of ether oxygens (including phenoxy) is 4. The van der Waals surface area contributed by atoms with Gasteiger partial charge in [-0.1, -0.05) is 34.1 Å². The number of carbonyl (C=O) groups excluding carboxylic acids is 2. The maximum atomic E-state index is 12.5. The molecule has 0 radical (unpaired) electrons. The number of esters is 2. The van der Waals surface area contributed by atoms with Crippen molar-refractivity contribution in [2.24, 2.45) is 0 Å². The zero-order valence-corrected chi connectivity index (χ0v) is 20.3. The van der Waals surface area contributed by atoms with Crippen LogP contribution in [0.3, 0.4) is 0 Å². The first-order valence-electron chi connectivity index (χ1n) is 10.4. The Bertz CT molecular complexity index is 1070. The van der Waals surface area contributed by atoms with Crippen molar-refractivity contribution in [2.45, 2.75) is 26.9 Å². The maximum absolute atomic E-state index is 12.5. The molecule has 3 aromatic carbocycles. The molecule has 3 aromatic rings. The van der Waals surface area contributed by atoms with Gasteiger partial charge in [-0.15, -0.1) is 0 Å². The summed E-state index contributed by atoms with van der Waals surface area (Å²) in [4.78, 5) is 24.6. The van der Waals surface area contributed by atoms with Gasteiger partial charge in [0.05, 0.1) is 5.56 Å². The van der Waals surface area contributed by atoms with E-state index >= 15 is 0 Å². The van der Waals surface area contributed by atoms with Crippen LogP contribution < -0.4 is 14.2 Å². The standard InChI is InChI=1S/C26H25BrO6/c1-17-15-21(27)16-18(2)24(17)32-19(3)25(28)33-23-11-9-20(10-12-23)26(29)31-14-13-30-22-7-5-4-6-8-22/h4-12,15-16,19H,13-14H2,1-3H3. The summed E-state index contributed by atoms with van der Waals surface area (Å²) < 4.78 is 22.9. The van der Waals surface area contributed by atoms with Gasteiger partial charge in [-0.25, -0.2) is 9.59 Å². The molecule has 172 valence electrons. The fraction of sp³-hybridized carbons (Fsp3) is 0.231. The summed E-state index contributed by atoms with van der Waals surface area (Å²) in [7, 11) is 0. The van der Waals surface area contributed by atoms with Crippen molar-refractivity contribution in [1.82, 2.24) is 0 Å².